The van der Waals surface area contributed by atoms with Crippen LogP contribution in [0.1, 0.15) is 26.5 Å². The van der Waals surface area contributed by atoms with Crippen molar-refractivity contribution in [2.24, 2.45) is 12.0 Å². The zero-order valence-corrected chi connectivity index (χ0v) is 13.6. The van der Waals surface area contributed by atoms with Crippen LogP contribution in [0.15, 0.2) is 23.3 Å². The Hall–Kier alpha value is -1.49. The molecule has 0 aliphatic carbocycles. The van der Waals surface area contributed by atoms with E-state index in [9.17, 15) is 0 Å². The second-order valence-corrected chi connectivity index (χ2v) is 5.60. The zero-order valence-electron chi connectivity index (χ0n) is 13.6. The Kier molecular flexibility index (Phi) is 6.07. The molecule has 1 N–H and O–H groups in total. The summed E-state index contributed by atoms with van der Waals surface area (Å²) in [5, 5.41) is 3.32. The highest BCUT2D eigenvalue weighted by molar-refractivity contribution is 5.79. The molecule has 0 radical (unpaired) electrons. The third kappa shape index (κ3) is 4.89. The first kappa shape index (κ1) is 16.6. The van der Waals surface area contributed by atoms with E-state index < -0.39 is 0 Å². The van der Waals surface area contributed by atoms with Crippen LogP contribution in [0.3, 0.4) is 0 Å². The highest BCUT2D eigenvalue weighted by Crippen LogP contribution is 2.08. The molecular weight excluding hydrogens is 252 g/mol. The lowest BCUT2D eigenvalue weighted by atomic mass is 10.1. The standard InChI is InChI=1S/C15H28N4O/c1-7-16-14(17-12-15(2,3)20-6)19(5)11-13-9-8-10-18(13)4/h8-10H,7,11-12H2,1-6H3,(H,16,17). The van der Waals surface area contributed by atoms with Gasteiger partial charge in [-0.1, -0.05) is 0 Å². The Labute approximate surface area is 122 Å². The topological polar surface area (TPSA) is 41.8 Å². The lowest BCUT2D eigenvalue weighted by Gasteiger charge is -2.25. The van der Waals surface area contributed by atoms with Gasteiger partial charge in [-0.3, -0.25) is 4.99 Å². The van der Waals surface area contributed by atoms with Crippen molar-refractivity contribution in [2.75, 3.05) is 27.2 Å². The minimum absolute atomic E-state index is 0.244. The Balaban J connectivity index is 2.74. The van der Waals surface area contributed by atoms with Gasteiger partial charge in [0.05, 0.1) is 18.7 Å². The fourth-order valence-corrected chi connectivity index (χ4v) is 1.78. The van der Waals surface area contributed by atoms with E-state index in [1.54, 1.807) is 7.11 Å². The van der Waals surface area contributed by atoms with Crippen LogP contribution in [0.2, 0.25) is 0 Å². The lowest BCUT2D eigenvalue weighted by molar-refractivity contribution is 0.0309. The summed E-state index contributed by atoms with van der Waals surface area (Å²) < 4.78 is 7.54. The number of hydrogen-bond acceptors (Lipinski definition) is 2. The smallest absolute Gasteiger partial charge is 0.194 e. The van der Waals surface area contributed by atoms with Crippen LogP contribution in [0.4, 0.5) is 0 Å². The highest BCUT2D eigenvalue weighted by atomic mass is 16.5. The predicted octanol–water partition coefficient (Wildman–Crippen LogP) is 1.85. The van der Waals surface area contributed by atoms with Gasteiger partial charge in [0.2, 0.25) is 0 Å². The maximum absolute atomic E-state index is 5.41. The van der Waals surface area contributed by atoms with Crippen molar-refractivity contribution in [3.63, 3.8) is 0 Å². The van der Waals surface area contributed by atoms with Crippen molar-refractivity contribution >= 4 is 5.96 Å². The maximum atomic E-state index is 5.41. The van der Waals surface area contributed by atoms with Gasteiger partial charge in [-0.25, -0.2) is 0 Å². The second-order valence-electron chi connectivity index (χ2n) is 5.60. The van der Waals surface area contributed by atoms with E-state index >= 15 is 0 Å². The van der Waals surface area contributed by atoms with Crippen LogP contribution in [0.25, 0.3) is 0 Å². The number of nitrogens with zero attached hydrogens (tertiary/aromatic N) is 3. The first-order valence-electron chi connectivity index (χ1n) is 7.04. The first-order valence-corrected chi connectivity index (χ1v) is 7.04. The van der Waals surface area contributed by atoms with Gasteiger partial charge < -0.3 is 19.5 Å². The van der Waals surface area contributed by atoms with E-state index in [-0.39, 0.29) is 5.60 Å². The molecule has 0 saturated heterocycles. The molecule has 0 amide bonds. The first-order chi connectivity index (χ1) is 9.39. The van der Waals surface area contributed by atoms with E-state index in [4.69, 9.17) is 4.74 Å². The summed E-state index contributed by atoms with van der Waals surface area (Å²) in [4.78, 5) is 6.79. The molecule has 0 saturated carbocycles. The average Bonchev–Trinajstić information content (AvgIpc) is 2.80. The maximum Gasteiger partial charge on any atom is 0.194 e. The molecule has 1 rings (SSSR count). The Morgan fingerprint density at radius 2 is 2.20 bits per heavy atom. The quantitative estimate of drug-likeness (QED) is 0.639. The molecule has 5 heteroatoms. The highest BCUT2D eigenvalue weighted by Gasteiger charge is 2.17. The van der Waals surface area contributed by atoms with Gasteiger partial charge in [0, 0.05) is 39.6 Å². The molecule has 114 valence electrons. The molecule has 0 spiro atoms. The number of rotatable bonds is 6. The lowest BCUT2D eigenvalue weighted by Crippen LogP contribution is -2.40. The summed E-state index contributed by atoms with van der Waals surface area (Å²) in [6.45, 7) is 8.46. The molecule has 0 aliphatic heterocycles. The largest absolute Gasteiger partial charge is 0.377 e. The van der Waals surface area contributed by atoms with Gasteiger partial charge in [-0.15, -0.1) is 0 Å². The number of methoxy groups -OCH3 is 1. The van der Waals surface area contributed by atoms with Crippen molar-refractivity contribution in [1.29, 1.82) is 0 Å². The molecule has 0 unspecified atom stereocenters. The number of aryl methyl sites for hydroxylation is 1. The molecule has 1 heterocycles. The van der Waals surface area contributed by atoms with Crippen molar-refractivity contribution in [3.05, 3.63) is 24.0 Å². The van der Waals surface area contributed by atoms with E-state index in [2.05, 4.69) is 52.1 Å². The molecule has 0 bridgehead atoms. The van der Waals surface area contributed by atoms with Gasteiger partial charge in [0.1, 0.15) is 0 Å². The molecule has 20 heavy (non-hydrogen) atoms. The number of aromatic nitrogens is 1. The summed E-state index contributed by atoms with van der Waals surface area (Å²) in [5.74, 6) is 0.902. The summed E-state index contributed by atoms with van der Waals surface area (Å²) in [6.07, 6.45) is 2.06. The molecule has 0 fully saturated rings. The minimum atomic E-state index is -0.244. The van der Waals surface area contributed by atoms with Crippen molar-refractivity contribution < 1.29 is 4.74 Å². The number of guanidine groups is 1. The molecule has 5 nitrogen and oxygen atoms in total. The summed E-state index contributed by atoms with van der Waals surface area (Å²) in [5.41, 5.74) is 1.01. The van der Waals surface area contributed by atoms with Crippen molar-refractivity contribution in [2.45, 2.75) is 32.9 Å². The van der Waals surface area contributed by atoms with Crippen molar-refractivity contribution in [1.82, 2.24) is 14.8 Å². The second kappa shape index (κ2) is 7.33. The Morgan fingerprint density at radius 3 is 2.70 bits per heavy atom. The number of hydrogen-bond donors (Lipinski definition) is 1. The fraction of sp³-hybridized carbons (Fsp3) is 0.667. The molecule has 1 aromatic heterocycles. The van der Waals surface area contributed by atoms with Crippen molar-refractivity contribution in [3.8, 4) is 0 Å². The molecular formula is C15H28N4O. The number of ether oxygens (including phenoxy) is 1. The molecule has 0 aromatic carbocycles. The molecule has 0 aliphatic rings. The van der Waals surface area contributed by atoms with E-state index in [1.165, 1.54) is 5.69 Å². The fourth-order valence-electron chi connectivity index (χ4n) is 1.78. The minimum Gasteiger partial charge on any atom is -0.377 e. The van der Waals surface area contributed by atoms with Crippen LogP contribution in [0.5, 0.6) is 0 Å². The number of nitrogens with one attached hydrogen (secondary N) is 1. The van der Waals surface area contributed by atoms with Crippen LogP contribution in [0, 0.1) is 0 Å². The molecule has 0 atom stereocenters. The van der Waals surface area contributed by atoms with E-state index in [1.807, 2.05) is 20.9 Å². The van der Waals surface area contributed by atoms with Gasteiger partial charge >= 0.3 is 0 Å². The van der Waals surface area contributed by atoms with E-state index in [0.717, 1.165) is 19.0 Å². The molecule has 1 aromatic rings. The Bertz CT molecular complexity index is 437. The summed E-state index contributed by atoms with van der Waals surface area (Å²) >= 11 is 0. The van der Waals surface area contributed by atoms with Crippen LogP contribution in [-0.4, -0.2) is 48.3 Å². The van der Waals surface area contributed by atoms with Gasteiger partial charge in [0.15, 0.2) is 5.96 Å². The van der Waals surface area contributed by atoms with Crippen LogP contribution < -0.4 is 5.32 Å². The third-order valence-electron chi connectivity index (χ3n) is 3.31. The predicted molar refractivity (Wildman–Crippen MR) is 83.9 cm³/mol. The van der Waals surface area contributed by atoms with Gasteiger partial charge in [0.25, 0.3) is 0 Å². The Morgan fingerprint density at radius 1 is 1.50 bits per heavy atom. The average molecular weight is 280 g/mol. The normalized spacial score (nSPS) is 12.6. The SMILES string of the molecule is CCNC(=NCC(C)(C)OC)N(C)Cc1cccn1C. The zero-order chi connectivity index (χ0) is 15.2. The summed E-state index contributed by atoms with van der Waals surface area (Å²) in [7, 11) is 5.83. The van der Waals surface area contributed by atoms with Crippen LogP contribution in [-0.2, 0) is 18.3 Å². The van der Waals surface area contributed by atoms with Gasteiger partial charge in [-0.05, 0) is 32.9 Å². The third-order valence-corrected chi connectivity index (χ3v) is 3.31. The number of aliphatic imine (C=N–C) groups is 1. The monoisotopic (exact) mass is 280 g/mol. The van der Waals surface area contributed by atoms with E-state index in [0.29, 0.717) is 6.54 Å². The van der Waals surface area contributed by atoms with Gasteiger partial charge in [-0.2, -0.15) is 0 Å². The summed E-state index contributed by atoms with van der Waals surface area (Å²) in [6, 6.07) is 4.18. The van der Waals surface area contributed by atoms with Crippen LogP contribution >= 0.6 is 0 Å².